The van der Waals surface area contributed by atoms with Gasteiger partial charge in [0.05, 0.1) is 24.5 Å². The lowest BCUT2D eigenvalue weighted by Gasteiger charge is -2.24. The summed E-state index contributed by atoms with van der Waals surface area (Å²) in [4.78, 5) is 37.9. The van der Waals surface area contributed by atoms with Crippen molar-refractivity contribution < 1.29 is 18.7 Å². The maximum Gasteiger partial charge on any atom is 0.246 e. The van der Waals surface area contributed by atoms with Gasteiger partial charge in [0.15, 0.2) is 0 Å². The molecular weight excluding hydrogens is 646 g/mol. The zero-order valence-electron chi connectivity index (χ0n) is 26.3. The van der Waals surface area contributed by atoms with Gasteiger partial charge >= 0.3 is 0 Å². The third-order valence-corrected chi connectivity index (χ3v) is 11.5. The number of pyridine rings is 1. The van der Waals surface area contributed by atoms with Crippen molar-refractivity contribution in [2.24, 2.45) is 5.92 Å². The summed E-state index contributed by atoms with van der Waals surface area (Å²) in [6.07, 6.45) is 4.15. The highest BCUT2D eigenvalue weighted by atomic mass is 32.1. The van der Waals surface area contributed by atoms with Crippen LogP contribution in [0.5, 0.6) is 5.75 Å². The van der Waals surface area contributed by atoms with Crippen LogP contribution in [0, 0.1) is 11.7 Å². The predicted octanol–water partition coefficient (Wildman–Crippen LogP) is 6.51. The number of piperidine rings is 1. The van der Waals surface area contributed by atoms with Crippen molar-refractivity contribution in [3.05, 3.63) is 88.0 Å². The molecule has 2 N–H and O–H groups in total. The molecule has 1 saturated heterocycles. The van der Waals surface area contributed by atoms with Gasteiger partial charge in [0.25, 0.3) is 0 Å². The molecule has 3 aromatic heterocycles. The van der Waals surface area contributed by atoms with Gasteiger partial charge in [0.2, 0.25) is 11.8 Å². The quantitative estimate of drug-likeness (QED) is 0.191. The summed E-state index contributed by atoms with van der Waals surface area (Å²) in [6.45, 7) is 7.43. The number of halogens is 1. The van der Waals surface area contributed by atoms with Crippen molar-refractivity contribution in [3.8, 4) is 38.8 Å². The minimum atomic E-state index is -0.399. The highest BCUT2D eigenvalue weighted by molar-refractivity contribution is 7.18. The minimum Gasteiger partial charge on any atom is -0.493 e. The molecule has 0 radical (unpaired) electrons. The summed E-state index contributed by atoms with van der Waals surface area (Å²) in [6, 6.07) is 13.4. The molecule has 1 unspecified atom stereocenters. The third kappa shape index (κ3) is 5.80. The first-order valence-corrected chi connectivity index (χ1v) is 18.0. The van der Waals surface area contributed by atoms with E-state index in [9.17, 15) is 14.0 Å². The zero-order valence-corrected chi connectivity index (χ0v) is 27.9. The maximum absolute atomic E-state index is 14.9. The Morgan fingerprint density at radius 2 is 2.02 bits per heavy atom. The Kier molecular flexibility index (Phi) is 8.27. The smallest absolute Gasteiger partial charge is 0.246 e. The van der Waals surface area contributed by atoms with E-state index in [1.165, 1.54) is 29.3 Å². The van der Waals surface area contributed by atoms with Crippen LogP contribution in [0.1, 0.15) is 34.5 Å². The van der Waals surface area contributed by atoms with Crippen LogP contribution in [-0.4, -0.2) is 52.9 Å². The van der Waals surface area contributed by atoms with E-state index in [4.69, 9.17) is 14.7 Å². The third-order valence-electron chi connectivity index (χ3n) is 9.43. The Morgan fingerprint density at radius 3 is 2.90 bits per heavy atom. The van der Waals surface area contributed by atoms with Gasteiger partial charge in [-0.25, -0.2) is 14.4 Å². The number of thiazole rings is 1. The van der Waals surface area contributed by atoms with E-state index < -0.39 is 5.82 Å². The lowest BCUT2D eigenvalue weighted by atomic mass is 9.94. The van der Waals surface area contributed by atoms with Crippen LogP contribution < -0.4 is 15.4 Å². The molecular formula is C37H34FN5O3S2. The van der Waals surface area contributed by atoms with Gasteiger partial charge in [-0.3, -0.25) is 9.59 Å². The van der Waals surface area contributed by atoms with E-state index >= 15 is 0 Å². The van der Waals surface area contributed by atoms with Crippen LogP contribution in [0.25, 0.3) is 43.2 Å². The van der Waals surface area contributed by atoms with E-state index in [0.717, 1.165) is 74.0 Å². The molecule has 3 aliphatic rings. The number of hydrogen-bond donors (Lipinski definition) is 2. The number of benzene rings is 2. The molecule has 1 atom stereocenters. The number of nitrogens with zero attached hydrogens (tertiary/aromatic N) is 3. The Bertz CT molecular complexity index is 2090. The number of hydrogen-bond acceptors (Lipinski definition) is 8. The van der Waals surface area contributed by atoms with Gasteiger partial charge in [-0.15, -0.1) is 22.7 Å². The van der Waals surface area contributed by atoms with Crippen LogP contribution >= 0.6 is 22.7 Å². The molecule has 11 heteroatoms. The lowest BCUT2D eigenvalue weighted by molar-refractivity contribution is -0.127. The van der Waals surface area contributed by atoms with Gasteiger partial charge < -0.3 is 20.3 Å². The fourth-order valence-electron chi connectivity index (χ4n) is 6.91. The van der Waals surface area contributed by atoms with Crippen LogP contribution in [-0.2, 0) is 35.5 Å². The summed E-state index contributed by atoms with van der Waals surface area (Å²) in [5.74, 6) is -0.0254. The van der Waals surface area contributed by atoms with Crippen LogP contribution in [0.2, 0.25) is 0 Å². The van der Waals surface area contributed by atoms with Gasteiger partial charge in [0.1, 0.15) is 22.3 Å². The Morgan fingerprint density at radius 1 is 1.10 bits per heavy atom. The number of fused-ring (bicyclic) bond motifs is 3. The second-order valence-electron chi connectivity index (χ2n) is 12.5. The number of rotatable bonds is 7. The molecule has 5 aromatic rings. The SMILES string of the molecule is C=CC(=O)N1CCc2nc(-c3nc(-c4ccc5c(c4)CCNC5)c4ccsc4c3-c3ccc(F)cc3OCC3CCNC(=O)C3)sc2C1. The molecule has 0 saturated carbocycles. The highest BCUT2D eigenvalue weighted by Crippen LogP contribution is 2.47. The van der Waals surface area contributed by atoms with E-state index in [-0.39, 0.29) is 17.7 Å². The van der Waals surface area contributed by atoms with Crippen molar-refractivity contribution in [1.82, 2.24) is 25.5 Å². The second-order valence-corrected chi connectivity index (χ2v) is 14.5. The first-order valence-electron chi connectivity index (χ1n) is 16.3. The lowest BCUT2D eigenvalue weighted by Crippen LogP contribution is -2.35. The summed E-state index contributed by atoms with van der Waals surface area (Å²) in [5.41, 5.74) is 7.79. The molecule has 8 nitrogen and oxygen atoms in total. The summed E-state index contributed by atoms with van der Waals surface area (Å²) in [5, 5.41) is 10.2. The van der Waals surface area contributed by atoms with Gasteiger partial charge in [-0.2, -0.15) is 0 Å². The molecule has 48 heavy (non-hydrogen) atoms. The number of carbonyl (C=O) groups is 2. The van der Waals surface area contributed by atoms with Crippen LogP contribution in [0.15, 0.2) is 60.5 Å². The molecule has 2 aromatic carbocycles. The van der Waals surface area contributed by atoms with Gasteiger partial charge in [0, 0.05) is 76.1 Å². The Balaban J connectivity index is 1.29. The molecule has 0 aliphatic carbocycles. The van der Waals surface area contributed by atoms with E-state index in [0.29, 0.717) is 50.5 Å². The molecule has 3 aliphatic heterocycles. The number of carbonyl (C=O) groups excluding carboxylic acids is 2. The van der Waals surface area contributed by atoms with Crippen LogP contribution in [0.3, 0.4) is 0 Å². The molecule has 6 heterocycles. The molecule has 2 amide bonds. The minimum absolute atomic E-state index is 0.0104. The summed E-state index contributed by atoms with van der Waals surface area (Å²) in [7, 11) is 0. The van der Waals surface area contributed by atoms with Crippen LogP contribution in [0.4, 0.5) is 4.39 Å². The molecule has 244 valence electrons. The zero-order chi connectivity index (χ0) is 32.8. The number of thiophene rings is 1. The highest BCUT2D eigenvalue weighted by Gasteiger charge is 2.29. The van der Waals surface area contributed by atoms with E-state index in [2.05, 4.69) is 46.9 Å². The fourth-order valence-corrected chi connectivity index (χ4v) is 8.99. The average Bonchev–Trinajstić information content (AvgIpc) is 3.77. The fraction of sp³-hybridized carbons (Fsp3) is 0.297. The van der Waals surface area contributed by atoms with Crippen molar-refractivity contribution in [3.63, 3.8) is 0 Å². The average molecular weight is 680 g/mol. The maximum atomic E-state index is 14.9. The molecule has 8 rings (SSSR count). The summed E-state index contributed by atoms with van der Waals surface area (Å²) >= 11 is 3.16. The number of amides is 2. The molecule has 1 fully saturated rings. The topological polar surface area (TPSA) is 96.5 Å². The number of ether oxygens (including phenoxy) is 1. The van der Waals surface area contributed by atoms with Crippen molar-refractivity contribution in [1.29, 1.82) is 0 Å². The van der Waals surface area contributed by atoms with E-state index in [1.807, 2.05) is 0 Å². The standard InChI is InChI=1S/C37H34FN5O3S2/c1-2-32(45)43-13-9-28-30(19-43)48-37(41-28)35-33(26-6-5-25(38)17-29(26)46-20-21-7-12-40-31(44)15-21)36-27(10-14-47-36)34(42-35)23-3-4-24-18-39-11-8-22(24)16-23/h2-6,10,14,16-17,21,39H,1,7-9,11-13,15,18-20H2,(H,40,44). The Hall–Kier alpha value is -4.45. The second kappa shape index (κ2) is 12.9. The number of nitrogens with one attached hydrogen (secondary N) is 2. The van der Waals surface area contributed by atoms with Crippen molar-refractivity contribution in [2.45, 2.75) is 38.8 Å². The largest absolute Gasteiger partial charge is 0.493 e. The molecule has 0 spiro atoms. The van der Waals surface area contributed by atoms with Crippen molar-refractivity contribution >= 4 is 44.6 Å². The van der Waals surface area contributed by atoms with Gasteiger partial charge in [-0.05, 0) is 66.2 Å². The Labute approximate surface area is 285 Å². The molecule has 0 bridgehead atoms. The van der Waals surface area contributed by atoms with E-state index in [1.54, 1.807) is 33.6 Å². The summed E-state index contributed by atoms with van der Waals surface area (Å²) < 4.78 is 22.2. The normalized spacial score (nSPS) is 17.5. The predicted molar refractivity (Wildman–Crippen MR) is 188 cm³/mol. The monoisotopic (exact) mass is 679 g/mol. The number of aromatic nitrogens is 2. The van der Waals surface area contributed by atoms with Crippen molar-refractivity contribution in [2.75, 3.05) is 26.2 Å². The first kappa shape index (κ1) is 30.9. The first-order chi connectivity index (χ1) is 23.4. The van der Waals surface area contributed by atoms with Gasteiger partial charge in [-0.1, -0.05) is 18.7 Å².